The number of hydrogen-bond acceptors (Lipinski definition) is 3. The average Bonchev–Trinajstić information content (AvgIpc) is 2.01. The van der Waals surface area contributed by atoms with Crippen LogP contribution in [-0.2, 0) is 9.36 Å². The molecular weight excluding hydrogens is 205 g/mol. The van der Waals surface area contributed by atoms with E-state index >= 15 is 0 Å². The molecule has 1 aliphatic rings. The Kier molecular flexibility index (Phi) is 3.70. The third kappa shape index (κ3) is 3.78. The van der Waals surface area contributed by atoms with Gasteiger partial charge in [0, 0.05) is 12.8 Å². The second-order valence-corrected chi connectivity index (χ2v) is 6.44. The van der Waals surface area contributed by atoms with Crippen molar-refractivity contribution in [3.8, 4) is 0 Å². The van der Waals surface area contributed by atoms with Gasteiger partial charge < -0.3 is 15.3 Å². The number of hydrogen-bond donors (Lipinski definition) is 3. The normalized spacial score (nSPS) is 32.1. The van der Waals surface area contributed by atoms with Crippen LogP contribution in [0, 0.1) is 5.92 Å². The van der Waals surface area contributed by atoms with E-state index in [9.17, 15) is 14.3 Å². The minimum absolute atomic E-state index is 0.0539. The smallest absolute Gasteiger partial charge is 0.320 e. The van der Waals surface area contributed by atoms with Gasteiger partial charge in [-0.25, -0.2) is 0 Å². The molecule has 0 bridgehead atoms. The van der Waals surface area contributed by atoms with Gasteiger partial charge in [0.05, 0.1) is 0 Å². The summed E-state index contributed by atoms with van der Waals surface area (Å²) in [4.78, 5) is 19.9. The van der Waals surface area contributed by atoms with Crippen molar-refractivity contribution < 1.29 is 19.4 Å². The van der Waals surface area contributed by atoms with Gasteiger partial charge in [-0.05, 0) is 25.3 Å². The molecule has 0 aliphatic carbocycles. The molecule has 3 N–H and O–H groups in total. The number of carboxylic acid groups (broad SMARTS) is 1. The van der Waals surface area contributed by atoms with Crippen LogP contribution in [0.4, 0.5) is 0 Å². The fraction of sp³-hybridized carbons (Fsp3) is 0.875. The van der Waals surface area contributed by atoms with Crippen LogP contribution in [0.3, 0.4) is 0 Å². The predicted octanol–water partition coefficient (Wildman–Crippen LogP) is 0.339. The number of rotatable bonds is 3. The van der Waals surface area contributed by atoms with Crippen LogP contribution >= 0.6 is 7.37 Å². The summed E-state index contributed by atoms with van der Waals surface area (Å²) in [6.07, 6.45) is 1.47. The zero-order valence-electron chi connectivity index (χ0n) is 8.14. The summed E-state index contributed by atoms with van der Waals surface area (Å²) in [7, 11) is -3.01. The fourth-order valence-corrected chi connectivity index (χ4v) is 3.12. The SMILES string of the molecule is CP(=O)(O)C[C@H]1CCN[C@@H](C(=O)O)C1. The van der Waals surface area contributed by atoms with E-state index < -0.39 is 19.4 Å². The second-order valence-electron chi connectivity index (χ2n) is 3.97. The van der Waals surface area contributed by atoms with E-state index in [4.69, 9.17) is 5.11 Å². The van der Waals surface area contributed by atoms with Crippen LogP contribution in [0.15, 0.2) is 0 Å². The Bertz CT molecular complexity index is 262. The van der Waals surface area contributed by atoms with E-state index in [1.165, 1.54) is 6.66 Å². The highest BCUT2D eigenvalue weighted by Crippen LogP contribution is 2.40. The summed E-state index contributed by atoms with van der Waals surface area (Å²) in [5, 5.41) is 11.6. The lowest BCUT2D eigenvalue weighted by Crippen LogP contribution is -2.44. The third-order valence-electron chi connectivity index (χ3n) is 2.41. The molecule has 0 aromatic heterocycles. The van der Waals surface area contributed by atoms with Crippen molar-refractivity contribution in [3.63, 3.8) is 0 Å². The number of aliphatic carboxylic acids is 1. The van der Waals surface area contributed by atoms with Crippen molar-refractivity contribution in [2.45, 2.75) is 18.9 Å². The molecule has 1 unspecified atom stereocenters. The maximum Gasteiger partial charge on any atom is 0.320 e. The van der Waals surface area contributed by atoms with E-state index in [-0.39, 0.29) is 12.1 Å². The first-order valence-corrected chi connectivity index (χ1v) is 6.93. The molecule has 0 amide bonds. The van der Waals surface area contributed by atoms with Gasteiger partial charge in [-0.15, -0.1) is 0 Å². The second kappa shape index (κ2) is 4.43. The molecule has 0 spiro atoms. The number of carbonyl (C=O) groups is 1. The highest BCUT2D eigenvalue weighted by Gasteiger charge is 2.29. The Morgan fingerprint density at radius 2 is 2.29 bits per heavy atom. The highest BCUT2D eigenvalue weighted by atomic mass is 31.2. The Labute approximate surface area is 83.0 Å². The Hall–Kier alpha value is -0.380. The van der Waals surface area contributed by atoms with Gasteiger partial charge in [0.2, 0.25) is 0 Å². The first-order chi connectivity index (χ1) is 6.38. The lowest BCUT2D eigenvalue weighted by Gasteiger charge is -2.28. The Balaban J connectivity index is 2.48. The quantitative estimate of drug-likeness (QED) is 0.598. The molecule has 14 heavy (non-hydrogen) atoms. The van der Waals surface area contributed by atoms with Crippen LogP contribution in [0.1, 0.15) is 12.8 Å². The Morgan fingerprint density at radius 1 is 1.64 bits per heavy atom. The summed E-state index contributed by atoms with van der Waals surface area (Å²) in [5.74, 6) is -0.822. The largest absolute Gasteiger partial charge is 0.480 e. The van der Waals surface area contributed by atoms with Crippen molar-refractivity contribution >= 4 is 13.3 Å². The first kappa shape index (κ1) is 11.7. The van der Waals surface area contributed by atoms with Crippen LogP contribution < -0.4 is 5.32 Å². The van der Waals surface area contributed by atoms with E-state index in [1.54, 1.807) is 0 Å². The molecule has 82 valence electrons. The zero-order valence-corrected chi connectivity index (χ0v) is 9.04. The molecule has 1 aliphatic heterocycles. The van der Waals surface area contributed by atoms with Crippen LogP contribution in [0.25, 0.3) is 0 Å². The molecule has 0 saturated carbocycles. The van der Waals surface area contributed by atoms with Crippen LogP contribution in [0.2, 0.25) is 0 Å². The maximum atomic E-state index is 11.1. The first-order valence-electron chi connectivity index (χ1n) is 4.64. The van der Waals surface area contributed by atoms with Crippen molar-refractivity contribution in [2.75, 3.05) is 19.4 Å². The van der Waals surface area contributed by atoms with Gasteiger partial charge in [0.25, 0.3) is 0 Å². The van der Waals surface area contributed by atoms with Crippen molar-refractivity contribution in [1.29, 1.82) is 0 Å². The molecular formula is C8H16NO4P. The topological polar surface area (TPSA) is 86.6 Å². The molecule has 1 rings (SSSR count). The molecule has 1 saturated heterocycles. The van der Waals surface area contributed by atoms with Crippen molar-refractivity contribution in [2.24, 2.45) is 5.92 Å². The summed E-state index contributed by atoms with van der Waals surface area (Å²) in [6, 6.07) is -0.555. The molecule has 6 heteroatoms. The molecule has 0 aromatic rings. The Morgan fingerprint density at radius 3 is 2.79 bits per heavy atom. The predicted molar refractivity (Wildman–Crippen MR) is 52.8 cm³/mol. The van der Waals surface area contributed by atoms with Gasteiger partial charge in [0.1, 0.15) is 6.04 Å². The van der Waals surface area contributed by atoms with Gasteiger partial charge in [-0.2, -0.15) is 0 Å². The van der Waals surface area contributed by atoms with Crippen molar-refractivity contribution in [3.05, 3.63) is 0 Å². The van der Waals surface area contributed by atoms with E-state index in [0.29, 0.717) is 13.0 Å². The fourth-order valence-electron chi connectivity index (χ4n) is 1.83. The third-order valence-corrected chi connectivity index (χ3v) is 3.60. The monoisotopic (exact) mass is 221 g/mol. The average molecular weight is 221 g/mol. The van der Waals surface area contributed by atoms with Crippen LogP contribution in [0.5, 0.6) is 0 Å². The van der Waals surface area contributed by atoms with Gasteiger partial charge in [-0.1, -0.05) is 0 Å². The molecule has 3 atom stereocenters. The number of carboxylic acids is 1. The standard InChI is InChI=1S/C8H16NO4P/c1-14(12,13)5-6-2-3-9-7(4-6)8(10)11/h6-7,9H,2-5H2,1H3,(H,10,11)(H,12,13)/t6-,7+/m0/s1. The molecule has 1 fully saturated rings. The van der Waals surface area contributed by atoms with Gasteiger partial charge in [-0.3, -0.25) is 9.36 Å². The maximum absolute atomic E-state index is 11.1. The molecule has 0 radical (unpaired) electrons. The number of nitrogens with one attached hydrogen (secondary N) is 1. The summed E-state index contributed by atoms with van der Waals surface area (Å²) >= 11 is 0. The van der Waals surface area contributed by atoms with Crippen molar-refractivity contribution in [1.82, 2.24) is 5.32 Å². The molecule has 5 nitrogen and oxygen atoms in total. The van der Waals surface area contributed by atoms with E-state index in [2.05, 4.69) is 5.32 Å². The minimum atomic E-state index is -3.01. The lowest BCUT2D eigenvalue weighted by molar-refractivity contribution is -0.140. The van der Waals surface area contributed by atoms with Gasteiger partial charge >= 0.3 is 5.97 Å². The number of piperidine rings is 1. The highest BCUT2D eigenvalue weighted by molar-refractivity contribution is 7.57. The zero-order chi connectivity index (χ0) is 10.8. The van der Waals surface area contributed by atoms with E-state index in [1.807, 2.05) is 0 Å². The summed E-state index contributed by atoms with van der Waals surface area (Å²) < 4.78 is 11.1. The molecule has 0 aromatic carbocycles. The summed E-state index contributed by atoms with van der Waals surface area (Å²) in [6.45, 7) is 1.94. The van der Waals surface area contributed by atoms with Crippen LogP contribution in [-0.4, -0.2) is 41.4 Å². The lowest BCUT2D eigenvalue weighted by atomic mass is 9.94. The van der Waals surface area contributed by atoms with Gasteiger partial charge in [0.15, 0.2) is 7.37 Å². The molecule has 1 heterocycles. The van der Waals surface area contributed by atoms with E-state index in [0.717, 1.165) is 6.42 Å². The minimum Gasteiger partial charge on any atom is -0.480 e. The summed E-state index contributed by atoms with van der Waals surface area (Å²) in [5.41, 5.74) is 0.